The van der Waals surface area contributed by atoms with Gasteiger partial charge in [-0.3, -0.25) is 0 Å². The van der Waals surface area contributed by atoms with Gasteiger partial charge in [0.2, 0.25) is 0 Å². The Bertz CT molecular complexity index is 307. The maximum atomic E-state index is 5.78. The Morgan fingerprint density at radius 1 is 1.29 bits per heavy atom. The van der Waals surface area contributed by atoms with Crippen LogP contribution in [0.1, 0.15) is 25.3 Å². The van der Waals surface area contributed by atoms with Crippen LogP contribution in [0, 0.1) is 12.8 Å². The van der Waals surface area contributed by atoms with Crippen LogP contribution in [0.5, 0.6) is 0 Å². The highest BCUT2D eigenvalue weighted by molar-refractivity contribution is 5.57. The Morgan fingerprint density at radius 3 is 2.57 bits per heavy atom. The number of rotatable bonds is 2. The van der Waals surface area contributed by atoms with Crippen molar-refractivity contribution < 1.29 is 0 Å². The van der Waals surface area contributed by atoms with Crippen LogP contribution in [-0.4, -0.2) is 6.04 Å². The zero-order valence-corrected chi connectivity index (χ0v) is 8.88. The molecule has 1 aliphatic carbocycles. The molecule has 2 heteroatoms. The van der Waals surface area contributed by atoms with Gasteiger partial charge in [0.05, 0.1) is 0 Å². The molecule has 0 unspecified atom stereocenters. The Balaban J connectivity index is 2.02. The predicted molar refractivity (Wildman–Crippen MR) is 61.4 cm³/mol. The molecule has 0 heterocycles. The minimum Gasteiger partial charge on any atom is -0.399 e. The molecule has 0 atom stereocenters. The summed E-state index contributed by atoms with van der Waals surface area (Å²) in [6.07, 6.45) is 2.57. The first-order valence-electron chi connectivity index (χ1n) is 5.27. The third kappa shape index (κ3) is 2.00. The average Bonchev–Trinajstić information content (AvgIpc) is 1.99. The van der Waals surface area contributed by atoms with E-state index in [1.54, 1.807) is 0 Å². The van der Waals surface area contributed by atoms with Crippen molar-refractivity contribution in [3.05, 3.63) is 23.8 Å². The maximum Gasteiger partial charge on any atom is 0.0365 e. The smallest absolute Gasteiger partial charge is 0.0365 e. The number of nitrogens with two attached hydrogens (primary N) is 1. The topological polar surface area (TPSA) is 38.0 Å². The quantitative estimate of drug-likeness (QED) is 0.704. The second kappa shape index (κ2) is 3.52. The molecular weight excluding hydrogens is 172 g/mol. The third-order valence-corrected chi connectivity index (χ3v) is 2.84. The minimum absolute atomic E-state index is 0.659. The highest BCUT2D eigenvalue weighted by atomic mass is 14.9. The second-order valence-electron chi connectivity index (χ2n) is 4.55. The molecule has 0 bridgehead atoms. The lowest BCUT2D eigenvalue weighted by Crippen LogP contribution is -2.33. The van der Waals surface area contributed by atoms with Crippen LogP contribution in [0.4, 0.5) is 11.4 Å². The van der Waals surface area contributed by atoms with E-state index >= 15 is 0 Å². The molecule has 76 valence electrons. The summed E-state index contributed by atoms with van der Waals surface area (Å²) in [5.41, 5.74) is 9.02. The fraction of sp³-hybridized carbons (Fsp3) is 0.500. The van der Waals surface area contributed by atoms with Gasteiger partial charge in [0, 0.05) is 17.4 Å². The second-order valence-corrected chi connectivity index (χ2v) is 4.55. The summed E-state index contributed by atoms with van der Waals surface area (Å²) < 4.78 is 0. The average molecular weight is 190 g/mol. The molecule has 1 aliphatic rings. The first kappa shape index (κ1) is 9.38. The van der Waals surface area contributed by atoms with Crippen molar-refractivity contribution in [2.24, 2.45) is 5.92 Å². The Labute approximate surface area is 85.5 Å². The van der Waals surface area contributed by atoms with Gasteiger partial charge in [-0.2, -0.15) is 0 Å². The lowest BCUT2D eigenvalue weighted by atomic mass is 9.82. The van der Waals surface area contributed by atoms with Gasteiger partial charge in [-0.25, -0.2) is 0 Å². The standard InChI is InChI=1S/C12H18N2/c1-8-3-10(13)7-12(4-8)14-11-5-9(2)6-11/h3-4,7,9,11,14H,5-6,13H2,1-2H3. The highest BCUT2D eigenvalue weighted by Crippen LogP contribution is 2.30. The molecule has 1 saturated carbocycles. The summed E-state index contributed by atoms with van der Waals surface area (Å²) in [7, 11) is 0. The highest BCUT2D eigenvalue weighted by Gasteiger charge is 2.24. The molecular formula is C12H18N2. The summed E-state index contributed by atoms with van der Waals surface area (Å²) in [6.45, 7) is 4.37. The van der Waals surface area contributed by atoms with Gasteiger partial charge in [-0.1, -0.05) is 6.92 Å². The van der Waals surface area contributed by atoms with Crippen molar-refractivity contribution in [3.8, 4) is 0 Å². The molecule has 1 aromatic carbocycles. The number of aryl methyl sites for hydroxylation is 1. The van der Waals surface area contributed by atoms with E-state index in [-0.39, 0.29) is 0 Å². The van der Waals surface area contributed by atoms with Gasteiger partial charge < -0.3 is 11.1 Å². The SMILES string of the molecule is Cc1cc(N)cc(NC2CC(C)C2)c1. The molecule has 1 aromatic rings. The van der Waals surface area contributed by atoms with Crippen LogP contribution in [-0.2, 0) is 0 Å². The van der Waals surface area contributed by atoms with E-state index in [2.05, 4.69) is 25.2 Å². The summed E-state index contributed by atoms with van der Waals surface area (Å²) >= 11 is 0. The van der Waals surface area contributed by atoms with Crippen molar-refractivity contribution >= 4 is 11.4 Å². The van der Waals surface area contributed by atoms with Crippen molar-refractivity contribution in [1.29, 1.82) is 0 Å². The van der Waals surface area contributed by atoms with Crippen LogP contribution in [0.15, 0.2) is 18.2 Å². The zero-order chi connectivity index (χ0) is 10.1. The molecule has 0 amide bonds. The molecule has 3 N–H and O–H groups in total. The fourth-order valence-corrected chi connectivity index (χ4v) is 2.15. The number of hydrogen-bond acceptors (Lipinski definition) is 2. The Kier molecular flexibility index (Phi) is 2.36. The van der Waals surface area contributed by atoms with E-state index in [1.807, 2.05) is 12.1 Å². The first-order valence-corrected chi connectivity index (χ1v) is 5.27. The molecule has 1 fully saturated rings. The summed E-state index contributed by atoms with van der Waals surface area (Å²) in [5, 5.41) is 3.51. The van der Waals surface area contributed by atoms with E-state index in [4.69, 9.17) is 5.73 Å². The van der Waals surface area contributed by atoms with Gasteiger partial charge in [-0.05, 0) is 49.4 Å². The number of nitrogen functional groups attached to an aromatic ring is 1. The molecule has 0 aromatic heterocycles. The molecule has 0 spiro atoms. The van der Waals surface area contributed by atoms with E-state index in [0.717, 1.165) is 11.6 Å². The van der Waals surface area contributed by atoms with Crippen molar-refractivity contribution in [3.63, 3.8) is 0 Å². The Morgan fingerprint density at radius 2 is 2.00 bits per heavy atom. The molecule has 14 heavy (non-hydrogen) atoms. The first-order chi connectivity index (χ1) is 6.63. The third-order valence-electron chi connectivity index (χ3n) is 2.84. The number of nitrogens with one attached hydrogen (secondary N) is 1. The van der Waals surface area contributed by atoms with E-state index < -0.39 is 0 Å². The van der Waals surface area contributed by atoms with E-state index in [1.165, 1.54) is 24.1 Å². The maximum absolute atomic E-state index is 5.78. The van der Waals surface area contributed by atoms with Gasteiger partial charge in [0.1, 0.15) is 0 Å². The molecule has 2 rings (SSSR count). The lowest BCUT2D eigenvalue weighted by molar-refractivity contribution is 0.309. The number of hydrogen-bond donors (Lipinski definition) is 2. The van der Waals surface area contributed by atoms with Gasteiger partial charge >= 0.3 is 0 Å². The van der Waals surface area contributed by atoms with Gasteiger partial charge in [0.25, 0.3) is 0 Å². The number of anilines is 2. The van der Waals surface area contributed by atoms with Crippen LogP contribution < -0.4 is 11.1 Å². The summed E-state index contributed by atoms with van der Waals surface area (Å²) in [5.74, 6) is 0.884. The van der Waals surface area contributed by atoms with Crippen molar-refractivity contribution in [2.75, 3.05) is 11.1 Å². The van der Waals surface area contributed by atoms with Crippen LogP contribution in [0.2, 0.25) is 0 Å². The van der Waals surface area contributed by atoms with Crippen molar-refractivity contribution in [1.82, 2.24) is 0 Å². The lowest BCUT2D eigenvalue weighted by Gasteiger charge is -2.34. The minimum atomic E-state index is 0.659. The van der Waals surface area contributed by atoms with Crippen LogP contribution in [0.3, 0.4) is 0 Å². The summed E-state index contributed by atoms with van der Waals surface area (Å²) in [6, 6.07) is 6.82. The van der Waals surface area contributed by atoms with Crippen molar-refractivity contribution in [2.45, 2.75) is 32.7 Å². The van der Waals surface area contributed by atoms with Crippen LogP contribution >= 0.6 is 0 Å². The monoisotopic (exact) mass is 190 g/mol. The molecule has 0 saturated heterocycles. The van der Waals surface area contributed by atoms with Gasteiger partial charge in [0.15, 0.2) is 0 Å². The molecule has 0 radical (unpaired) electrons. The Hall–Kier alpha value is -1.18. The van der Waals surface area contributed by atoms with E-state index in [0.29, 0.717) is 6.04 Å². The number of benzene rings is 1. The zero-order valence-electron chi connectivity index (χ0n) is 8.88. The van der Waals surface area contributed by atoms with E-state index in [9.17, 15) is 0 Å². The normalized spacial score (nSPS) is 25.6. The summed E-state index contributed by atoms with van der Waals surface area (Å²) in [4.78, 5) is 0. The molecule has 2 nitrogen and oxygen atoms in total. The van der Waals surface area contributed by atoms with Crippen LogP contribution in [0.25, 0.3) is 0 Å². The fourth-order valence-electron chi connectivity index (χ4n) is 2.15. The van der Waals surface area contributed by atoms with Gasteiger partial charge in [-0.15, -0.1) is 0 Å². The predicted octanol–water partition coefficient (Wildman–Crippen LogP) is 2.79. The largest absolute Gasteiger partial charge is 0.399 e. The molecule has 0 aliphatic heterocycles.